The third kappa shape index (κ3) is 2.20. The number of nitrogens with two attached hydrogens (primary N) is 1. The molecule has 86 valence electrons. The molecular weight excluding hydrogens is 224 g/mol. The normalized spacial score (nSPS) is 18.9. The van der Waals surface area contributed by atoms with Crippen molar-refractivity contribution >= 4 is 17.5 Å². The van der Waals surface area contributed by atoms with Gasteiger partial charge in [-0.05, 0) is 37.5 Å². The summed E-state index contributed by atoms with van der Waals surface area (Å²) in [4.78, 5) is 11.6. The Balaban J connectivity index is 2.14. The van der Waals surface area contributed by atoms with Gasteiger partial charge in [-0.2, -0.15) is 0 Å². The Morgan fingerprint density at radius 3 is 2.44 bits per heavy atom. The largest absolute Gasteiger partial charge is 0.345 e. The van der Waals surface area contributed by atoms with Crippen LogP contribution >= 0.6 is 11.6 Å². The molecule has 1 aromatic carbocycles. The molecule has 1 aromatic rings. The first-order chi connectivity index (χ1) is 7.53. The standard InChI is InChI=1S/C12H15ClN2O/c1-8(14)11(16)15-12(6-7-12)9-2-4-10(13)5-3-9/h2-5,8H,6-7,14H2,1H3,(H,15,16)/t8-/m1/s1. The van der Waals surface area contributed by atoms with Gasteiger partial charge in [0, 0.05) is 5.02 Å². The van der Waals surface area contributed by atoms with E-state index in [9.17, 15) is 4.79 Å². The average Bonchev–Trinajstić information content (AvgIpc) is 2.99. The number of carbonyl (C=O) groups excluding carboxylic acids is 1. The summed E-state index contributed by atoms with van der Waals surface area (Å²) in [6, 6.07) is 7.13. The SMILES string of the molecule is C[C@@H](N)C(=O)NC1(c2ccc(Cl)cc2)CC1. The molecule has 0 aromatic heterocycles. The Labute approximate surface area is 100.0 Å². The van der Waals surface area contributed by atoms with Crippen LogP contribution in [0.1, 0.15) is 25.3 Å². The topological polar surface area (TPSA) is 55.1 Å². The van der Waals surface area contributed by atoms with E-state index in [1.165, 1.54) is 0 Å². The lowest BCUT2D eigenvalue weighted by Gasteiger charge is -2.19. The number of benzene rings is 1. The zero-order valence-electron chi connectivity index (χ0n) is 9.16. The van der Waals surface area contributed by atoms with E-state index in [4.69, 9.17) is 17.3 Å². The van der Waals surface area contributed by atoms with Crippen molar-refractivity contribution in [3.05, 3.63) is 34.9 Å². The molecule has 3 N–H and O–H groups in total. The molecule has 1 fully saturated rings. The Bertz CT molecular complexity index is 396. The fourth-order valence-corrected chi connectivity index (χ4v) is 1.86. The Morgan fingerprint density at radius 1 is 1.44 bits per heavy atom. The lowest BCUT2D eigenvalue weighted by molar-refractivity contribution is -0.123. The molecule has 0 radical (unpaired) electrons. The van der Waals surface area contributed by atoms with Gasteiger partial charge in [0.1, 0.15) is 0 Å². The minimum absolute atomic E-state index is 0.104. The molecule has 2 rings (SSSR count). The van der Waals surface area contributed by atoms with Gasteiger partial charge >= 0.3 is 0 Å². The summed E-state index contributed by atoms with van der Waals surface area (Å²) >= 11 is 5.83. The van der Waals surface area contributed by atoms with E-state index < -0.39 is 6.04 Å². The van der Waals surface area contributed by atoms with Crippen molar-refractivity contribution in [2.75, 3.05) is 0 Å². The van der Waals surface area contributed by atoms with Gasteiger partial charge in [-0.15, -0.1) is 0 Å². The third-order valence-electron chi connectivity index (χ3n) is 2.92. The second-order valence-corrected chi connectivity index (χ2v) is 4.80. The van der Waals surface area contributed by atoms with Crippen LogP contribution in [0.3, 0.4) is 0 Å². The minimum atomic E-state index is -0.468. The van der Waals surface area contributed by atoms with Crippen LogP contribution in [0, 0.1) is 0 Å². The van der Waals surface area contributed by atoms with Gasteiger partial charge < -0.3 is 11.1 Å². The first kappa shape index (κ1) is 11.4. The van der Waals surface area contributed by atoms with Crippen molar-refractivity contribution in [1.82, 2.24) is 5.32 Å². The molecule has 0 unspecified atom stereocenters. The number of hydrogen-bond acceptors (Lipinski definition) is 2. The summed E-state index contributed by atoms with van der Waals surface area (Å²) in [7, 11) is 0. The summed E-state index contributed by atoms with van der Waals surface area (Å²) < 4.78 is 0. The molecule has 0 heterocycles. The first-order valence-corrected chi connectivity index (χ1v) is 5.75. The Hall–Kier alpha value is -1.06. The molecule has 3 nitrogen and oxygen atoms in total. The van der Waals surface area contributed by atoms with Crippen LogP contribution in [0.4, 0.5) is 0 Å². The minimum Gasteiger partial charge on any atom is -0.345 e. The molecule has 1 amide bonds. The summed E-state index contributed by atoms with van der Waals surface area (Å²) in [5.41, 5.74) is 6.44. The molecule has 1 atom stereocenters. The second kappa shape index (κ2) is 4.07. The molecule has 0 bridgehead atoms. The molecule has 0 spiro atoms. The number of halogens is 1. The summed E-state index contributed by atoms with van der Waals surface area (Å²) in [5.74, 6) is -0.104. The number of amides is 1. The zero-order chi connectivity index (χ0) is 11.8. The highest BCUT2D eigenvalue weighted by molar-refractivity contribution is 6.30. The van der Waals surface area contributed by atoms with E-state index in [-0.39, 0.29) is 11.4 Å². The maximum atomic E-state index is 11.6. The highest BCUT2D eigenvalue weighted by Crippen LogP contribution is 2.45. The predicted molar refractivity (Wildman–Crippen MR) is 64.2 cm³/mol. The van der Waals surface area contributed by atoms with Crippen molar-refractivity contribution in [1.29, 1.82) is 0 Å². The van der Waals surface area contributed by atoms with Crippen LogP contribution in [0.5, 0.6) is 0 Å². The molecule has 0 aliphatic heterocycles. The Kier molecular flexibility index (Phi) is 2.91. The van der Waals surface area contributed by atoms with Crippen molar-refractivity contribution in [2.45, 2.75) is 31.3 Å². The molecule has 16 heavy (non-hydrogen) atoms. The molecule has 4 heteroatoms. The molecule has 1 aliphatic rings. The Morgan fingerprint density at radius 2 is 2.00 bits per heavy atom. The van der Waals surface area contributed by atoms with Crippen LogP contribution in [0.2, 0.25) is 5.02 Å². The van der Waals surface area contributed by atoms with Gasteiger partial charge in [0.2, 0.25) is 5.91 Å². The van der Waals surface area contributed by atoms with Crippen molar-refractivity contribution in [3.63, 3.8) is 0 Å². The molecule has 0 saturated heterocycles. The summed E-state index contributed by atoms with van der Waals surface area (Å²) in [6.45, 7) is 1.69. The van der Waals surface area contributed by atoms with Gasteiger partial charge in [-0.3, -0.25) is 4.79 Å². The van der Waals surface area contributed by atoms with E-state index in [1.54, 1.807) is 6.92 Å². The van der Waals surface area contributed by atoms with Crippen LogP contribution < -0.4 is 11.1 Å². The molecule has 1 aliphatic carbocycles. The highest BCUT2D eigenvalue weighted by atomic mass is 35.5. The lowest BCUT2D eigenvalue weighted by atomic mass is 10.0. The van der Waals surface area contributed by atoms with Gasteiger partial charge in [0.25, 0.3) is 0 Å². The van der Waals surface area contributed by atoms with E-state index in [0.29, 0.717) is 5.02 Å². The number of hydrogen-bond donors (Lipinski definition) is 2. The van der Waals surface area contributed by atoms with Crippen LogP contribution in [0.15, 0.2) is 24.3 Å². The van der Waals surface area contributed by atoms with Gasteiger partial charge in [0.15, 0.2) is 0 Å². The van der Waals surface area contributed by atoms with Gasteiger partial charge in [-0.1, -0.05) is 23.7 Å². The van der Waals surface area contributed by atoms with Gasteiger partial charge in [-0.25, -0.2) is 0 Å². The predicted octanol–water partition coefficient (Wildman–Crippen LogP) is 1.79. The number of carbonyl (C=O) groups is 1. The van der Waals surface area contributed by atoms with E-state index >= 15 is 0 Å². The van der Waals surface area contributed by atoms with Crippen molar-refractivity contribution in [2.24, 2.45) is 5.73 Å². The highest BCUT2D eigenvalue weighted by Gasteiger charge is 2.45. The lowest BCUT2D eigenvalue weighted by Crippen LogP contribution is -2.44. The fraction of sp³-hybridized carbons (Fsp3) is 0.417. The number of rotatable bonds is 3. The smallest absolute Gasteiger partial charge is 0.237 e. The average molecular weight is 239 g/mol. The third-order valence-corrected chi connectivity index (χ3v) is 3.17. The summed E-state index contributed by atoms with van der Waals surface area (Å²) in [6.07, 6.45) is 1.93. The van der Waals surface area contributed by atoms with Crippen LogP contribution in [-0.4, -0.2) is 11.9 Å². The van der Waals surface area contributed by atoms with E-state index in [2.05, 4.69) is 5.32 Å². The summed E-state index contributed by atoms with van der Waals surface area (Å²) in [5, 5.41) is 3.70. The maximum absolute atomic E-state index is 11.6. The van der Waals surface area contributed by atoms with Crippen LogP contribution in [-0.2, 0) is 10.3 Å². The van der Waals surface area contributed by atoms with Gasteiger partial charge in [0.05, 0.1) is 11.6 Å². The van der Waals surface area contributed by atoms with E-state index in [0.717, 1.165) is 18.4 Å². The zero-order valence-corrected chi connectivity index (χ0v) is 9.92. The van der Waals surface area contributed by atoms with Crippen molar-refractivity contribution in [3.8, 4) is 0 Å². The maximum Gasteiger partial charge on any atom is 0.237 e. The quantitative estimate of drug-likeness (QED) is 0.844. The molecule has 1 saturated carbocycles. The van der Waals surface area contributed by atoms with E-state index in [1.807, 2.05) is 24.3 Å². The first-order valence-electron chi connectivity index (χ1n) is 5.37. The monoisotopic (exact) mass is 238 g/mol. The van der Waals surface area contributed by atoms with Crippen LogP contribution in [0.25, 0.3) is 0 Å². The fourth-order valence-electron chi connectivity index (χ4n) is 1.73. The second-order valence-electron chi connectivity index (χ2n) is 4.37. The number of nitrogens with one attached hydrogen (secondary N) is 1. The van der Waals surface area contributed by atoms with Crippen molar-refractivity contribution < 1.29 is 4.79 Å². The molecular formula is C12H15ClN2O.